The minimum atomic E-state index is 0.0715. The van der Waals surface area contributed by atoms with Crippen LogP contribution in [-0.2, 0) is 11.3 Å². The van der Waals surface area contributed by atoms with Gasteiger partial charge in [0.15, 0.2) is 0 Å². The van der Waals surface area contributed by atoms with E-state index in [1.54, 1.807) is 11.3 Å². The maximum absolute atomic E-state index is 13.4. The number of fused-ring (bicyclic) bond motifs is 2. The molecule has 1 aromatic carbocycles. The average molecular weight is 394 g/mol. The van der Waals surface area contributed by atoms with Crippen LogP contribution in [0.2, 0.25) is 0 Å². The number of carbonyl (C=O) groups is 1. The van der Waals surface area contributed by atoms with Gasteiger partial charge in [0, 0.05) is 48.2 Å². The Morgan fingerprint density at radius 1 is 1.18 bits per heavy atom. The Balaban J connectivity index is 1.49. The van der Waals surface area contributed by atoms with E-state index in [0.717, 1.165) is 66.9 Å². The van der Waals surface area contributed by atoms with E-state index in [4.69, 9.17) is 4.74 Å². The molecular weight excluding hydrogens is 370 g/mol. The fourth-order valence-electron chi connectivity index (χ4n) is 4.14. The summed E-state index contributed by atoms with van der Waals surface area (Å²) in [4.78, 5) is 20.3. The fourth-order valence-corrected chi connectivity index (χ4v) is 5.12. The van der Waals surface area contributed by atoms with E-state index in [0.29, 0.717) is 5.69 Å². The molecule has 0 radical (unpaired) electrons. The Morgan fingerprint density at radius 2 is 2.00 bits per heavy atom. The number of hydrogen-bond acceptors (Lipinski definition) is 4. The average Bonchev–Trinajstić information content (AvgIpc) is 3.41. The normalized spacial score (nSPS) is 15.6. The van der Waals surface area contributed by atoms with Crippen LogP contribution in [0.4, 0.5) is 0 Å². The zero-order chi connectivity index (χ0) is 19.1. The number of aromatic amines is 1. The summed E-state index contributed by atoms with van der Waals surface area (Å²) in [5.74, 6) is 0.0715. The predicted octanol–water partition coefficient (Wildman–Crippen LogP) is 4.06. The summed E-state index contributed by atoms with van der Waals surface area (Å²) in [7, 11) is 0. The number of nitrogens with zero attached hydrogens (tertiary/aromatic N) is 2. The summed E-state index contributed by atoms with van der Waals surface area (Å²) in [5, 5.41) is 4.21. The molecule has 1 saturated heterocycles. The zero-order valence-electron chi connectivity index (χ0n) is 15.9. The highest BCUT2D eigenvalue weighted by Gasteiger charge is 2.23. The van der Waals surface area contributed by atoms with Gasteiger partial charge in [-0.1, -0.05) is 18.2 Å². The lowest BCUT2D eigenvalue weighted by Crippen LogP contribution is -2.38. The van der Waals surface area contributed by atoms with Crippen LogP contribution in [0.1, 0.15) is 21.7 Å². The number of morpholine rings is 1. The Hall–Kier alpha value is -2.41. The number of carbonyl (C=O) groups excluding carboxylic acids is 1. The lowest BCUT2D eigenvalue weighted by Gasteiger charge is -2.26. The highest BCUT2D eigenvalue weighted by Crippen LogP contribution is 2.32. The van der Waals surface area contributed by atoms with Gasteiger partial charge < -0.3 is 14.3 Å². The first-order valence-corrected chi connectivity index (χ1v) is 10.6. The number of ketones is 1. The molecule has 1 aliphatic heterocycles. The second-order valence-electron chi connectivity index (χ2n) is 7.30. The van der Waals surface area contributed by atoms with E-state index in [2.05, 4.69) is 32.8 Å². The second-order valence-corrected chi connectivity index (χ2v) is 8.20. The molecule has 5 nitrogen and oxygen atoms in total. The molecule has 0 aliphatic carbocycles. The molecule has 0 spiro atoms. The van der Waals surface area contributed by atoms with Crippen molar-refractivity contribution in [3.05, 3.63) is 58.7 Å². The lowest BCUT2D eigenvalue weighted by atomic mass is 10.1. The van der Waals surface area contributed by atoms with E-state index in [-0.39, 0.29) is 5.78 Å². The molecule has 1 N–H and O–H groups in total. The molecule has 4 aromatic rings. The number of ether oxygens (including phenoxy) is 1. The van der Waals surface area contributed by atoms with Crippen molar-refractivity contribution in [1.29, 1.82) is 0 Å². The van der Waals surface area contributed by atoms with Gasteiger partial charge in [-0.25, -0.2) is 0 Å². The summed E-state index contributed by atoms with van der Waals surface area (Å²) in [6, 6.07) is 12.1. The molecule has 5 rings (SSSR count). The van der Waals surface area contributed by atoms with Gasteiger partial charge >= 0.3 is 0 Å². The maximum Gasteiger partial charge on any atom is 0.211 e. The standard InChI is InChI=1S/C22H23N3O2S/c1-15-20(21(26)19-14-16-4-2-3-5-18(16)23-19)17-6-13-28-22(17)25(15)8-7-24-9-11-27-12-10-24/h2-6,13-14,23H,7-12H2,1H3. The van der Waals surface area contributed by atoms with Crippen LogP contribution < -0.4 is 0 Å². The van der Waals surface area contributed by atoms with Crippen LogP contribution in [-0.4, -0.2) is 53.1 Å². The van der Waals surface area contributed by atoms with E-state index in [1.807, 2.05) is 30.3 Å². The molecule has 0 saturated carbocycles. The molecule has 1 aliphatic rings. The summed E-state index contributed by atoms with van der Waals surface area (Å²) < 4.78 is 7.76. The quantitative estimate of drug-likeness (QED) is 0.520. The predicted molar refractivity (Wildman–Crippen MR) is 114 cm³/mol. The Labute approximate surface area is 167 Å². The van der Waals surface area contributed by atoms with Gasteiger partial charge in [0.1, 0.15) is 4.83 Å². The summed E-state index contributed by atoms with van der Waals surface area (Å²) in [5.41, 5.74) is 3.53. The van der Waals surface area contributed by atoms with Gasteiger partial charge in [-0.05, 0) is 30.5 Å². The van der Waals surface area contributed by atoms with Gasteiger partial charge in [-0.15, -0.1) is 11.3 Å². The molecule has 6 heteroatoms. The van der Waals surface area contributed by atoms with E-state index >= 15 is 0 Å². The maximum atomic E-state index is 13.4. The first kappa shape index (κ1) is 17.7. The van der Waals surface area contributed by atoms with E-state index in [9.17, 15) is 4.79 Å². The van der Waals surface area contributed by atoms with Crippen LogP contribution in [0, 0.1) is 6.92 Å². The highest BCUT2D eigenvalue weighted by atomic mass is 32.1. The van der Waals surface area contributed by atoms with Crippen molar-refractivity contribution in [2.75, 3.05) is 32.8 Å². The summed E-state index contributed by atoms with van der Waals surface area (Å²) in [6.07, 6.45) is 0. The zero-order valence-corrected chi connectivity index (χ0v) is 16.7. The number of benzene rings is 1. The number of hydrogen-bond donors (Lipinski definition) is 1. The Kier molecular flexibility index (Phi) is 4.55. The number of para-hydroxylation sites is 1. The first-order chi connectivity index (χ1) is 13.7. The van der Waals surface area contributed by atoms with Crippen molar-refractivity contribution < 1.29 is 9.53 Å². The fraction of sp³-hybridized carbons (Fsp3) is 0.318. The molecule has 3 aromatic heterocycles. The van der Waals surface area contributed by atoms with Gasteiger partial charge in [0.2, 0.25) is 5.78 Å². The molecule has 144 valence electrons. The highest BCUT2D eigenvalue weighted by molar-refractivity contribution is 7.16. The number of rotatable bonds is 5. The first-order valence-electron chi connectivity index (χ1n) is 9.71. The van der Waals surface area contributed by atoms with Gasteiger partial charge in [0.05, 0.1) is 24.5 Å². The van der Waals surface area contributed by atoms with Crippen molar-refractivity contribution >= 4 is 38.2 Å². The van der Waals surface area contributed by atoms with Crippen molar-refractivity contribution in [3.63, 3.8) is 0 Å². The van der Waals surface area contributed by atoms with Crippen LogP contribution in [0.15, 0.2) is 41.8 Å². The summed E-state index contributed by atoms with van der Waals surface area (Å²) >= 11 is 1.71. The molecule has 4 heterocycles. The van der Waals surface area contributed by atoms with Crippen LogP contribution in [0.5, 0.6) is 0 Å². The largest absolute Gasteiger partial charge is 0.379 e. The monoisotopic (exact) mass is 393 g/mol. The molecule has 28 heavy (non-hydrogen) atoms. The Morgan fingerprint density at radius 3 is 2.82 bits per heavy atom. The van der Waals surface area contributed by atoms with E-state index < -0.39 is 0 Å². The van der Waals surface area contributed by atoms with Crippen molar-refractivity contribution in [2.45, 2.75) is 13.5 Å². The second kappa shape index (κ2) is 7.20. The molecule has 1 fully saturated rings. The van der Waals surface area contributed by atoms with Crippen LogP contribution >= 0.6 is 11.3 Å². The van der Waals surface area contributed by atoms with Crippen LogP contribution in [0.25, 0.3) is 21.1 Å². The SMILES string of the molecule is Cc1c(C(=O)c2cc3ccccc3[nH]2)c2ccsc2n1CCN1CCOCC1. The van der Waals surface area contributed by atoms with Crippen molar-refractivity contribution in [3.8, 4) is 0 Å². The molecule has 0 atom stereocenters. The van der Waals surface area contributed by atoms with Gasteiger partial charge in [0.25, 0.3) is 0 Å². The smallest absolute Gasteiger partial charge is 0.211 e. The molecule has 0 bridgehead atoms. The molecule has 0 unspecified atom stereocenters. The third-order valence-corrected chi connectivity index (χ3v) is 6.61. The molecular formula is C22H23N3O2S. The number of H-pyrrole nitrogens is 1. The minimum Gasteiger partial charge on any atom is -0.379 e. The van der Waals surface area contributed by atoms with Crippen molar-refractivity contribution in [1.82, 2.24) is 14.5 Å². The Bertz CT molecular complexity index is 1110. The lowest BCUT2D eigenvalue weighted by molar-refractivity contribution is 0.0365. The minimum absolute atomic E-state index is 0.0715. The van der Waals surface area contributed by atoms with Crippen molar-refractivity contribution in [2.24, 2.45) is 0 Å². The summed E-state index contributed by atoms with van der Waals surface area (Å²) in [6.45, 7) is 7.52. The number of aromatic nitrogens is 2. The van der Waals surface area contributed by atoms with Crippen LogP contribution in [0.3, 0.4) is 0 Å². The third-order valence-electron chi connectivity index (χ3n) is 5.67. The topological polar surface area (TPSA) is 50.3 Å². The number of nitrogens with one attached hydrogen (secondary N) is 1. The number of thiophene rings is 1. The third kappa shape index (κ3) is 2.98. The van der Waals surface area contributed by atoms with Gasteiger partial charge in [-0.3, -0.25) is 9.69 Å². The van der Waals surface area contributed by atoms with Gasteiger partial charge in [-0.2, -0.15) is 0 Å². The van der Waals surface area contributed by atoms with E-state index in [1.165, 1.54) is 4.83 Å². The molecule has 0 amide bonds.